The molecule has 0 bridgehead atoms. The fourth-order valence-electron chi connectivity index (χ4n) is 0.353. The zero-order valence-electron chi connectivity index (χ0n) is 5.68. The Balaban J connectivity index is 0. The van der Waals surface area contributed by atoms with Gasteiger partial charge in [-0.2, -0.15) is 0 Å². The van der Waals surface area contributed by atoms with Crippen LogP contribution >= 0.6 is 0 Å². The molecule has 0 aromatic heterocycles. The molecule has 0 aromatic carbocycles. The van der Waals surface area contributed by atoms with Crippen LogP contribution in [0.25, 0.3) is 0 Å². The first kappa shape index (κ1) is 11.1. The van der Waals surface area contributed by atoms with Gasteiger partial charge in [-0.1, -0.05) is 25.5 Å². The van der Waals surface area contributed by atoms with E-state index < -0.39 is 0 Å². The van der Waals surface area contributed by atoms with E-state index >= 15 is 0 Å². The van der Waals surface area contributed by atoms with Gasteiger partial charge in [-0.05, 0) is 6.42 Å². The molecule has 0 radical (unpaired) electrons. The van der Waals surface area contributed by atoms with E-state index in [-0.39, 0.29) is 25.5 Å². The molecule has 0 unspecified atom stereocenters. The third-order valence-corrected chi connectivity index (χ3v) is 0.687. The number of allylic oxidation sites excluding steroid dienone is 1. The molecule has 0 rings (SSSR count). The van der Waals surface area contributed by atoms with Crippen molar-refractivity contribution >= 4 is 0 Å². The number of hydrogen-bond donors (Lipinski definition) is 0. The van der Waals surface area contributed by atoms with Crippen LogP contribution in [0, 0.1) is 0 Å². The van der Waals surface area contributed by atoms with Gasteiger partial charge < -0.3 is 5.11 Å². The minimum absolute atomic E-state index is 0. The smallest absolute Gasteiger partial charge is 0.854 e. The van der Waals surface area contributed by atoms with Crippen LogP contribution in [-0.2, 0) is 0 Å². The SMILES string of the molecule is CC/C=C\CC[O-].[Li+]. The fourth-order valence-corrected chi connectivity index (χ4v) is 0.353. The minimum Gasteiger partial charge on any atom is -0.854 e. The summed E-state index contributed by atoms with van der Waals surface area (Å²) < 4.78 is 0. The Morgan fingerprint density at radius 3 is 2.38 bits per heavy atom. The molecule has 42 valence electrons. The van der Waals surface area contributed by atoms with Gasteiger partial charge in [0.1, 0.15) is 0 Å². The van der Waals surface area contributed by atoms with E-state index in [9.17, 15) is 5.11 Å². The second kappa shape index (κ2) is 10.3. The summed E-state index contributed by atoms with van der Waals surface area (Å²) in [4.78, 5) is 0. The Bertz CT molecular complexity index is 52.5. The van der Waals surface area contributed by atoms with Gasteiger partial charge in [0.25, 0.3) is 0 Å². The van der Waals surface area contributed by atoms with E-state index in [1.54, 1.807) is 0 Å². The van der Waals surface area contributed by atoms with Crippen LogP contribution in [0.3, 0.4) is 0 Å². The standard InChI is InChI=1S/C6H11O.Li/c1-2-3-4-5-6-7;/h3-4H,2,5-6H2,1H3;/q-1;+1/b4-3-;. The minimum atomic E-state index is 0. The van der Waals surface area contributed by atoms with Crippen molar-refractivity contribution in [1.29, 1.82) is 0 Å². The molecule has 0 aliphatic heterocycles. The average molecular weight is 106 g/mol. The van der Waals surface area contributed by atoms with E-state index in [2.05, 4.69) is 6.92 Å². The van der Waals surface area contributed by atoms with Gasteiger partial charge in [-0.25, -0.2) is 0 Å². The summed E-state index contributed by atoms with van der Waals surface area (Å²) in [5.41, 5.74) is 0. The monoisotopic (exact) mass is 106 g/mol. The fraction of sp³-hybridized carbons (Fsp3) is 0.667. The molecule has 0 fully saturated rings. The van der Waals surface area contributed by atoms with Crippen molar-refractivity contribution in [2.24, 2.45) is 0 Å². The van der Waals surface area contributed by atoms with E-state index in [1.165, 1.54) is 0 Å². The molecule has 1 nitrogen and oxygen atoms in total. The maximum atomic E-state index is 9.75. The van der Waals surface area contributed by atoms with Crippen LogP contribution in [0.15, 0.2) is 12.2 Å². The Hall–Kier alpha value is 0.297. The number of hydrogen-bond acceptors (Lipinski definition) is 1. The van der Waals surface area contributed by atoms with Gasteiger partial charge in [-0.3, -0.25) is 0 Å². The van der Waals surface area contributed by atoms with Crippen molar-refractivity contribution in [3.05, 3.63) is 12.2 Å². The van der Waals surface area contributed by atoms with Gasteiger partial charge in [0.15, 0.2) is 0 Å². The molecule has 0 aliphatic carbocycles. The largest absolute Gasteiger partial charge is 1.00 e. The van der Waals surface area contributed by atoms with Gasteiger partial charge in [-0.15, -0.1) is 6.61 Å². The molecule has 0 aliphatic rings. The van der Waals surface area contributed by atoms with Gasteiger partial charge >= 0.3 is 18.9 Å². The Morgan fingerprint density at radius 2 is 2.00 bits per heavy atom. The predicted molar refractivity (Wildman–Crippen MR) is 28.9 cm³/mol. The van der Waals surface area contributed by atoms with Gasteiger partial charge in [0.05, 0.1) is 0 Å². The van der Waals surface area contributed by atoms with E-state index in [1.807, 2.05) is 12.2 Å². The van der Waals surface area contributed by atoms with Crippen molar-refractivity contribution in [1.82, 2.24) is 0 Å². The molecular weight excluding hydrogens is 95.0 g/mol. The van der Waals surface area contributed by atoms with Crippen LogP contribution in [0.5, 0.6) is 0 Å². The molecule has 8 heavy (non-hydrogen) atoms. The normalized spacial score (nSPS) is 9.25. The van der Waals surface area contributed by atoms with Crippen LogP contribution in [0.2, 0.25) is 0 Å². The van der Waals surface area contributed by atoms with Crippen LogP contribution < -0.4 is 24.0 Å². The summed E-state index contributed by atoms with van der Waals surface area (Å²) in [5, 5.41) is 9.75. The van der Waals surface area contributed by atoms with Crippen LogP contribution in [-0.4, -0.2) is 6.61 Å². The molecule has 0 amide bonds. The molecule has 0 spiro atoms. The Kier molecular flexibility index (Phi) is 14.4. The molecule has 2 heteroatoms. The summed E-state index contributed by atoms with van der Waals surface area (Å²) in [5.74, 6) is 0. The second-order valence-electron chi connectivity index (χ2n) is 1.37. The van der Waals surface area contributed by atoms with Crippen molar-refractivity contribution in [3.63, 3.8) is 0 Å². The van der Waals surface area contributed by atoms with Crippen molar-refractivity contribution in [3.8, 4) is 0 Å². The molecule has 0 atom stereocenters. The van der Waals surface area contributed by atoms with Crippen molar-refractivity contribution in [2.45, 2.75) is 19.8 Å². The molecular formula is C6H11LiO. The maximum absolute atomic E-state index is 9.75. The van der Waals surface area contributed by atoms with E-state index in [0.717, 1.165) is 6.42 Å². The van der Waals surface area contributed by atoms with Crippen molar-refractivity contribution < 1.29 is 24.0 Å². The van der Waals surface area contributed by atoms with Crippen molar-refractivity contribution in [2.75, 3.05) is 6.61 Å². The van der Waals surface area contributed by atoms with E-state index in [4.69, 9.17) is 0 Å². The molecule has 0 heterocycles. The second-order valence-corrected chi connectivity index (χ2v) is 1.37. The quantitative estimate of drug-likeness (QED) is 0.293. The summed E-state index contributed by atoms with van der Waals surface area (Å²) in [6.07, 6.45) is 5.67. The topological polar surface area (TPSA) is 23.1 Å². The van der Waals surface area contributed by atoms with Crippen LogP contribution in [0.4, 0.5) is 0 Å². The first-order valence-corrected chi connectivity index (χ1v) is 2.65. The summed E-state index contributed by atoms with van der Waals surface area (Å²) in [7, 11) is 0. The van der Waals surface area contributed by atoms with E-state index in [0.29, 0.717) is 6.42 Å². The molecule has 0 aromatic rings. The predicted octanol–water partition coefficient (Wildman–Crippen LogP) is -2.29. The summed E-state index contributed by atoms with van der Waals surface area (Å²) in [6.45, 7) is 2.08. The Morgan fingerprint density at radius 1 is 1.38 bits per heavy atom. The van der Waals surface area contributed by atoms with Gasteiger partial charge in [0, 0.05) is 0 Å². The first-order chi connectivity index (χ1) is 3.41. The first-order valence-electron chi connectivity index (χ1n) is 2.65. The Labute approximate surface area is 63.0 Å². The zero-order chi connectivity index (χ0) is 5.54. The maximum Gasteiger partial charge on any atom is 1.00 e. The number of rotatable bonds is 3. The molecule has 0 N–H and O–H groups in total. The third-order valence-electron chi connectivity index (χ3n) is 0.687. The van der Waals surface area contributed by atoms with Crippen LogP contribution in [0.1, 0.15) is 19.8 Å². The zero-order valence-corrected chi connectivity index (χ0v) is 5.68. The summed E-state index contributed by atoms with van der Waals surface area (Å²) >= 11 is 0. The average Bonchev–Trinajstić information content (AvgIpc) is 1.69. The molecule has 0 saturated heterocycles. The summed E-state index contributed by atoms with van der Waals surface area (Å²) in [6, 6.07) is 0. The molecule has 0 saturated carbocycles. The van der Waals surface area contributed by atoms with Gasteiger partial charge in [0.2, 0.25) is 0 Å². The third kappa shape index (κ3) is 9.57.